The van der Waals surface area contributed by atoms with E-state index in [1.807, 2.05) is 25.2 Å². The average Bonchev–Trinajstić information content (AvgIpc) is 2.80. The number of hydrogen-bond donors (Lipinski definition) is 2. The summed E-state index contributed by atoms with van der Waals surface area (Å²) in [6.45, 7) is 6.91. The third-order valence-corrected chi connectivity index (χ3v) is 3.75. The molecule has 22 heavy (non-hydrogen) atoms. The molecule has 1 aromatic heterocycles. The van der Waals surface area contributed by atoms with Gasteiger partial charge in [0.15, 0.2) is 0 Å². The van der Waals surface area contributed by atoms with Crippen molar-refractivity contribution in [2.75, 3.05) is 13.6 Å². The van der Waals surface area contributed by atoms with Gasteiger partial charge < -0.3 is 15.1 Å². The molecule has 2 rings (SSSR count). The maximum atomic E-state index is 12.0. The van der Waals surface area contributed by atoms with Crippen molar-refractivity contribution in [2.24, 2.45) is 5.92 Å². The Morgan fingerprint density at radius 3 is 2.55 bits per heavy atom. The third kappa shape index (κ3) is 4.02. The van der Waals surface area contributed by atoms with E-state index in [1.54, 1.807) is 0 Å². The summed E-state index contributed by atoms with van der Waals surface area (Å²) in [6, 6.07) is 7.89. The van der Waals surface area contributed by atoms with Crippen LogP contribution in [0.4, 0.5) is 0 Å². The lowest BCUT2D eigenvalue weighted by molar-refractivity contribution is -0.122. The smallest absolute Gasteiger partial charge is 0.221 e. The molecule has 5 heteroatoms. The number of aryl methyl sites for hydroxylation is 1. The van der Waals surface area contributed by atoms with Crippen molar-refractivity contribution >= 4 is 29.3 Å². The van der Waals surface area contributed by atoms with Crippen LogP contribution in [-0.4, -0.2) is 19.5 Å². The summed E-state index contributed by atoms with van der Waals surface area (Å²) < 4.78 is 6.00. The first-order valence-electron chi connectivity index (χ1n) is 7.46. The topological polar surface area (TPSA) is 54.3 Å². The highest BCUT2D eigenvalue weighted by molar-refractivity contribution is 5.85. The molecule has 0 spiro atoms. The molecule has 0 saturated heterocycles. The molecule has 1 atom stereocenters. The van der Waals surface area contributed by atoms with Gasteiger partial charge in [-0.3, -0.25) is 4.79 Å². The molecule has 1 unspecified atom stereocenters. The lowest BCUT2D eigenvalue weighted by Gasteiger charge is -2.21. The summed E-state index contributed by atoms with van der Waals surface area (Å²) in [4.78, 5) is 12.0. The molecule has 122 valence electrons. The van der Waals surface area contributed by atoms with Gasteiger partial charge in [0.25, 0.3) is 0 Å². The molecule has 2 aromatic rings. The molecule has 1 amide bonds. The molecule has 1 aromatic carbocycles. The number of fused-ring (bicyclic) bond motifs is 1. The van der Waals surface area contributed by atoms with Gasteiger partial charge in [-0.25, -0.2) is 0 Å². The summed E-state index contributed by atoms with van der Waals surface area (Å²) in [7, 11) is 1.84. The minimum absolute atomic E-state index is 0. The average molecular weight is 325 g/mol. The largest absolute Gasteiger partial charge is 0.459 e. The van der Waals surface area contributed by atoms with Crippen molar-refractivity contribution in [2.45, 2.75) is 33.2 Å². The fraction of sp³-hybridized carbons (Fsp3) is 0.471. The normalized spacial score (nSPS) is 12.2. The Hall–Kier alpha value is -1.52. The number of carbonyl (C=O) groups excluding carboxylic acids is 1. The fourth-order valence-electron chi connectivity index (χ4n) is 2.51. The number of nitrogens with one attached hydrogen (secondary N) is 2. The van der Waals surface area contributed by atoms with Crippen LogP contribution in [0.5, 0.6) is 0 Å². The molecular weight excluding hydrogens is 300 g/mol. The van der Waals surface area contributed by atoms with Crippen LogP contribution < -0.4 is 10.6 Å². The molecular formula is C17H25ClN2O2. The summed E-state index contributed by atoms with van der Waals surface area (Å²) in [5.41, 5.74) is 1.98. The Labute approximate surface area is 138 Å². The molecule has 2 N–H and O–H groups in total. The van der Waals surface area contributed by atoms with E-state index >= 15 is 0 Å². The first-order valence-corrected chi connectivity index (χ1v) is 7.46. The first kappa shape index (κ1) is 18.5. The van der Waals surface area contributed by atoms with Crippen LogP contribution in [0.2, 0.25) is 0 Å². The molecule has 0 fully saturated rings. The van der Waals surface area contributed by atoms with Gasteiger partial charge in [-0.15, -0.1) is 12.4 Å². The predicted molar refractivity (Wildman–Crippen MR) is 92.5 cm³/mol. The number of rotatable bonds is 6. The van der Waals surface area contributed by atoms with E-state index in [2.05, 4.69) is 37.5 Å². The van der Waals surface area contributed by atoms with E-state index < -0.39 is 0 Å². The van der Waals surface area contributed by atoms with Gasteiger partial charge >= 0.3 is 0 Å². The number of amides is 1. The van der Waals surface area contributed by atoms with Crippen LogP contribution >= 0.6 is 12.4 Å². The van der Waals surface area contributed by atoms with E-state index in [1.165, 1.54) is 0 Å². The third-order valence-electron chi connectivity index (χ3n) is 3.75. The molecule has 0 aliphatic carbocycles. The fourth-order valence-corrected chi connectivity index (χ4v) is 2.51. The van der Waals surface area contributed by atoms with Crippen molar-refractivity contribution in [1.29, 1.82) is 0 Å². The lowest BCUT2D eigenvalue weighted by Crippen LogP contribution is -2.33. The van der Waals surface area contributed by atoms with E-state index in [0.717, 1.165) is 22.3 Å². The van der Waals surface area contributed by atoms with Crippen LogP contribution in [-0.2, 0) is 4.79 Å². The minimum Gasteiger partial charge on any atom is -0.459 e. The molecule has 0 radical (unpaired) electrons. The molecule has 0 aliphatic heterocycles. The Kier molecular flexibility index (Phi) is 6.91. The Balaban J connectivity index is 0.00000242. The standard InChI is InChI=1S/C17H24N2O2.ClH/c1-11(2)16(19-15(20)9-10-18-4)17-12(3)13-7-5-6-8-14(13)21-17;/h5-8,11,16,18H,9-10H2,1-4H3,(H,19,20);1H. The van der Waals surface area contributed by atoms with Crippen molar-refractivity contribution < 1.29 is 9.21 Å². The van der Waals surface area contributed by atoms with Crippen molar-refractivity contribution in [3.8, 4) is 0 Å². The van der Waals surface area contributed by atoms with Gasteiger partial charge in [0.05, 0.1) is 6.04 Å². The Morgan fingerprint density at radius 1 is 1.27 bits per heavy atom. The number of hydrogen-bond acceptors (Lipinski definition) is 3. The van der Waals surface area contributed by atoms with Gasteiger partial charge in [0.2, 0.25) is 5.91 Å². The molecule has 4 nitrogen and oxygen atoms in total. The second kappa shape index (κ2) is 8.20. The van der Waals surface area contributed by atoms with Crippen LogP contribution in [0.15, 0.2) is 28.7 Å². The Bertz CT molecular complexity index is 622. The van der Waals surface area contributed by atoms with Crippen molar-refractivity contribution in [3.05, 3.63) is 35.6 Å². The molecule has 1 heterocycles. The quantitative estimate of drug-likeness (QED) is 0.853. The molecule has 0 bridgehead atoms. The van der Waals surface area contributed by atoms with E-state index in [9.17, 15) is 4.79 Å². The van der Waals surface area contributed by atoms with Gasteiger partial charge in [-0.05, 0) is 26.0 Å². The zero-order valence-electron chi connectivity index (χ0n) is 13.6. The zero-order valence-corrected chi connectivity index (χ0v) is 14.4. The number of furan rings is 1. The van der Waals surface area contributed by atoms with Gasteiger partial charge in [-0.2, -0.15) is 0 Å². The maximum Gasteiger partial charge on any atom is 0.221 e. The molecule has 0 saturated carbocycles. The van der Waals surface area contributed by atoms with E-state index in [4.69, 9.17) is 4.42 Å². The number of carbonyl (C=O) groups is 1. The zero-order chi connectivity index (χ0) is 15.4. The van der Waals surface area contributed by atoms with Crippen LogP contribution in [0.1, 0.15) is 37.6 Å². The first-order chi connectivity index (χ1) is 10.0. The highest BCUT2D eigenvalue weighted by atomic mass is 35.5. The number of benzene rings is 1. The van der Waals surface area contributed by atoms with Crippen molar-refractivity contribution in [3.63, 3.8) is 0 Å². The predicted octanol–water partition coefficient (Wildman–Crippen LogP) is 3.59. The SMILES string of the molecule is CNCCC(=O)NC(c1oc2ccccc2c1C)C(C)C.Cl. The van der Waals surface area contributed by atoms with Gasteiger partial charge in [0, 0.05) is 23.9 Å². The summed E-state index contributed by atoms with van der Waals surface area (Å²) in [6.07, 6.45) is 0.471. The second-order valence-electron chi connectivity index (χ2n) is 5.73. The molecule has 0 aliphatic rings. The highest BCUT2D eigenvalue weighted by Gasteiger charge is 2.24. The highest BCUT2D eigenvalue weighted by Crippen LogP contribution is 2.32. The minimum atomic E-state index is -0.0956. The lowest BCUT2D eigenvalue weighted by atomic mass is 9.98. The number of para-hydroxylation sites is 1. The summed E-state index contributed by atoms with van der Waals surface area (Å²) in [5.74, 6) is 1.18. The van der Waals surface area contributed by atoms with E-state index in [0.29, 0.717) is 13.0 Å². The van der Waals surface area contributed by atoms with E-state index in [-0.39, 0.29) is 30.3 Å². The van der Waals surface area contributed by atoms with Gasteiger partial charge in [-0.1, -0.05) is 32.0 Å². The van der Waals surface area contributed by atoms with Gasteiger partial charge in [0.1, 0.15) is 11.3 Å². The Morgan fingerprint density at radius 2 is 1.95 bits per heavy atom. The summed E-state index contributed by atoms with van der Waals surface area (Å²) >= 11 is 0. The summed E-state index contributed by atoms with van der Waals surface area (Å²) in [5, 5.41) is 7.20. The second-order valence-corrected chi connectivity index (χ2v) is 5.73. The van der Waals surface area contributed by atoms with Crippen LogP contribution in [0, 0.1) is 12.8 Å². The maximum absolute atomic E-state index is 12.0. The number of halogens is 1. The monoisotopic (exact) mass is 324 g/mol. The van der Waals surface area contributed by atoms with Crippen LogP contribution in [0.3, 0.4) is 0 Å². The van der Waals surface area contributed by atoms with Crippen molar-refractivity contribution in [1.82, 2.24) is 10.6 Å². The van der Waals surface area contributed by atoms with Crippen LogP contribution in [0.25, 0.3) is 11.0 Å².